The van der Waals surface area contributed by atoms with Gasteiger partial charge in [0.25, 0.3) is 0 Å². The summed E-state index contributed by atoms with van der Waals surface area (Å²) in [5.41, 5.74) is -0.0367. The van der Waals surface area contributed by atoms with Crippen LogP contribution in [0, 0.1) is 0 Å². The summed E-state index contributed by atoms with van der Waals surface area (Å²) in [5.74, 6) is -2.30. The van der Waals surface area contributed by atoms with Crippen LogP contribution in [0.5, 0.6) is 0 Å². The lowest BCUT2D eigenvalue weighted by Gasteiger charge is -2.28. The molecule has 0 aliphatic rings. The van der Waals surface area contributed by atoms with Crippen LogP contribution in [0.25, 0.3) is 0 Å². The van der Waals surface area contributed by atoms with E-state index in [0.29, 0.717) is 0 Å². The molecule has 2 aromatic carbocycles. The lowest BCUT2D eigenvalue weighted by Crippen LogP contribution is -2.39. The summed E-state index contributed by atoms with van der Waals surface area (Å²) in [6, 6.07) is 9.57. The van der Waals surface area contributed by atoms with Gasteiger partial charge in [-0.25, -0.2) is 18.0 Å². The largest absolute Gasteiger partial charge is 0.478 e. The highest BCUT2D eigenvalue weighted by Crippen LogP contribution is 2.22. The van der Waals surface area contributed by atoms with Crippen molar-refractivity contribution < 1.29 is 32.7 Å². The highest BCUT2D eigenvalue weighted by Gasteiger charge is 2.18. The summed E-state index contributed by atoms with van der Waals surface area (Å²) in [4.78, 5) is 21.3. The van der Waals surface area contributed by atoms with Gasteiger partial charge in [0.15, 0.2) is 0 Å². The number of sulfone groups is 1. The third kappa shape index (κ3) is 15.0. The standard InChI is InChI=1S/C20H44N.C14H10O6S/c1-5-7-8-9-10-11-12-13-14-15-16-17-18-19-20-21(3,4)6-2;15-13(16)9-1-5-11(6-2-9)21(19,20)12-7-3-10(4-8-12)14(17)18/h5-20H2,1-4H3;1-8H,(H,15,16)(H,17,18)/q+1;. The molecular formula is C34H54NO6S+. The van der Waals surface area contributed by atoms with E-state index < -0.39 is 21.8 Å². The molecule has 7 nitrogen and oxygen atoms in total. The second-order valence-corrected chi connectivity index (χ2v) is 13.7. The number of carboxylic acid groups (broad SMARTS) is 2. The Hall–Kier alpha value is -2.71. The maximum atomic E-state index is 12.3. The molecule has 0 amide bonds. The first kappa shape index (κ1) is 37.3. The van der Waals surface area contributed by atoms with Crippen molar-refractivity contribution in [3.05, 3.63) is 59.7 Å². The average molecular weight is 605 g/mol. The highest BCUT2D eigenvalue weighted by molar-refractivity contribution is 7.91. The number of aromatic carboxylic acids is 2. The Morgan fingerprint density at radius 3 is 1.17 bits per heavy atom. The molecule has 0 bridgehead atoms. The van der Waals surface area contributed by atoms with Gasteiger partial charge in [-0.05, 0) is 68.3 Å². The fourth-order valence-electron chi connectivity index (χ4n) is 4.58. The summed E-state index contributed by atoms with van der Waals surface area (Å²) in [7, 11) is 0.889. The molecule has 0 unspecified atom stereocenters. The number of rotatable bonds is 20. The van der Waals surface area contributed by atoms with E-state index in [1.165, 1.54) is 156 Å². The van der Waals surface area contributed by atoms with Crippen LogP contribution < -0.4 is 0 Å². The van der Waals surface area contributed by atoms with Gasteiger partial charge in [0.2, 0.25) is 9.84 Å². The minimum atomic E-state index is -3.81. The van der Waals surface area contributed by atoms with Gasteiger partial charge in [-0.1, -0.05) is 84.0 Å². The van der Waals surface area contributed by atoms with Gasteiger partial charge >= 0.3 is 11.9 Å². The van der Waals surface area contributed by atoms with Crippen LogP contribution in [0.4, 0.5) is 0 Å². The van der Waals surface area contributed by atoms with E-state index in [2.05, 4.69) is 27.9 Å². The Bertz CT molecular complexity index is 1080. The fourth-order valence-corrected chi connectivity index (χ4v) is 5.84. The first-order valence-corrected chi connectivity index (χ1v) is 17.2. The quantitative estimate of drug-likeness (QED) is 0.116. The molecule has 8 heteroatoms. The smallest absolute Gasteiger partial charge is 0.335 e. The van der Waals surface area contributed by atoms with Crippen molar-refractivity contribution in [1.29, 1.82) is 0 Å². The zero-order valence-electron chi connectivity index (χ0n) is 26.3. The van der Waals surface area contributed by atoms with Crippen LogP contribution in [0.15, 0.2) is 58.3 Å². The van der Waals surface area contributed by atoms with E-state index >= 15 is 0 Å². The van der Waals surface area contributed by atoms with Crippen LogP contribution in [-0.2, 0) is 9.84 Å². The lowest BCUT2D eigenvalue weighted by molar-refractivity contribution is -0.888. The van der Waals surface area contributed by atoms with Crippen LogP contribution in [0.1, 0.15) is 124 Å². The third-order valence-electron chi connectivity index (χ3n) is 7.80. The zero-order chi connectivity index (χ0) is 31.4. The molecule has 0 aromatic heterocycles. The minimum absolute atomic E-state index is 0.0184. The molecule has 0 heterocycles. The van der Waals surface area contributed by atoms with Crippen molar-refractivity contribution in [3.63, 3.8) is 0 Å². The van der Waals surface area contributed by atoms with Gasteiger partial charge in [0.05, 0.1) is 48.1 Å². The topological polar surface area (TPSA) is 109 Å². The van der Waals surface area contributed by atoms with Gasteiger partial charge in [0, 0.05) is 0 Å². The molecule has 42 heavy (non-hydrogen) atoms. The molecule has 0 atom stereocenters. The average Bonchev–Trinajstić information content (AvgIpc) is 2.97. The highest BCUT2D eigenvalue weighted by atomic mass is 32.2. The van der Waals surface area contributed by atoms with Gasteiger partial charge in [-0.15, -0.1) is 0 Å². The summed E-state index contributed by atoms with van der Waals surface area (Å²) in [5, 5.41) is 17.5. The van der Waals surface area contributed by atoms with Gasteiger partial charge in [0.1, 0.15) is 0 Å². The normalized spacial score (nSPS) is 11.5. The van der Waals surface area contributed by atoms with Crippen LogP contribution in [0.2, 0.25) is 0 Å². The molecule has 0 spiro atoms. The maximum absolute atomic E-state index is 12.3. The predicted molar refractivity (Wildman–Crippen MR) is 170 cm³/mol. The van der Waals surface area contributed by atoms with Crippen molar-refractivity contribution >= 4 is 21.8 Å². The molecule has 2 aromatic rings. The van der Waals surface area contributed by atoms with Crippen LogP contribution in [0.3, 0.4) is 0 Å². The van der Waals surface area contributed by atoms with Gasteiger partial charge in [-0.2, -0.15) is 0 Å². The molecular weight excluding hydrogens is 550 g/mol. The Labute approximate surface area is 254 Å². The molecule has 0 fully saturated rings. The van der Waals surface area contributed by atoms with E-state index in [4.69, 9.17) is 10.2 Å². The number of quaternary nitrogens is 1. The molecule has 0 aliphatic heterocycles. The number of hydrogen-bond donors (Lipinski definition) is 2. The van der Waals surface area contributed by atoms with Crippen LogP contribution in [-0.4, -0.2) is 62.2 Å². The Kier molecular flexibility index (Phi) is 18.0. The van der Waals surface area contributed by atoms with Crippen molar-refractivity contribution in [2.45, 2.75) is 114 Å². The minimum Gasteiger partial charge on any atom is -0.478 e. The van der Waals surface area contributed by atoms with Gasteiger partial charge in [-0.3, -0.25) is 0 Å². The monoisotopic (exact) mass is 604 g/mol. The molecule has 236 valence electrons. The van der Waals surface area contributed by atoms with E-state index in [-0.39, 0.29) is 20.9 Å². The predicted octanol–water partition coefficient (Wildman–Crippen LogP) is 8.48. The van der Waals surface area contributed by atoms with Crippen molar-refractivity contribution in [2.24, 2.45) is 0 Å². The molecule has 2 rings (SSSR count). The second kappa shape index (κ2) is 20.2. The van der Waals surface area contributed by atoms with E-state index in [1.807, 2.05) is 0 Å². The second-order valence-electron chi connectivity index (χ2n) is 11.7. The van der Waals surface area contributed by atoms with Crippen molar-refractivity contribution in [1.82, 2.24) is 0 Å². The molecule has 0 saturated heterocycles. The fraction of sp³-hybridized carbons (Fsp3) is 0.588. The lowest BCUT2D eigenvalue weighted by atomic mass is 10.0. The van der Waals surface area contributed by atoms with Crippen molar-refractivity contribution in [3.8, 4) is 0 Å². The summed E-state index contributed by atoms with van der Waals surface area (Å²) >= 11 is 0. The third-order valence-corrected chi connectivity index (χ3v) is 9.58. The Morgan fingerprint density at radius 2 is 0.881 bits per heavy atom. The number of carboxylic acids is 2. The number of carbonyl (C=O) groups is 2. The van der Waals surface area contributed by atoms with Gasteiger partial charge < -0.3 is 14.7 Å². The maximum Gasteiger partial charge on any atom is 0.335 e. The number of unbranched alkanes of at least 4 members (excludes halogenated alkanes) is 13. The Balaban J connectivity index is 0.000000420. The zero-order valence-corrected chi connectivity index (χ0v) is 27.1. The Morgan fingerprint density at radius 1 is 0.571 bits per heavy atom. The molecule has 2 N–H and O–H groups in total. The molecule has 0 aliphatic carbocycles. The van der Waals surface area contributed by atoms with E-state index in [0.717, 1.165) is 0 Å². The summed E-state index contributed by atoms with van der Waals surface area (Å²) in [6.07, 6.45) is 20.4. The van der Waals surface area contributed by atoms with E-state index in [1.54, 1.807) is 0 Å². The molecule has 0 saturated carbocycles. The first-order chi connectivity index (χ1) is 19.9. The summed E-state index contributed by atoms with van der Waals surface area (Å²) < 4.78 is 25.8. The molecule has 0 radical (unpaired) electrons. The first-order valence-electron chi connectivity index (χ1n) is 15.7. The van der Waals surface area contributed by atoms with Crippen molar-refractivity contribution in [2.75, 3.05) is 27.2 Å². The SMILES string of the molecule is CCCCCCCCCCCCCCCC[N+](C)(C)CC.O=C(O)c1ccc(S(=O)(=O)c2ccc(C(=O)O)cc2)cc1. The van der Waals surface area contributed by atoms with Crippen LogP contribution >= 0.6 is 0 Å². The number of benzene rings is 2. The van der Waals surface area contributed by atoms with E-state index in [9.17, 15) is 18.0 Å². The number of hydrogen-bond acceptors (Lipinski definition) is 4. The summed E-state index contributed by atoms with van der Waals surface area (Å²) in [6.45, 7) is 7.21. The number of nitrogens with zero attached hydrogens (tertiary/aromatic N) is 1.